The fraction of sp³-hybridized carbons (Fsp3) is 0.600. The predicted molar refractivity (Wildman–Crippen MR) is 70.9 cm³/mol. The molecule has 2 aliphatic heterocycles. The molecule has 2 aliphatic rings. The van der Waals surface area contributed by atoms with Crippen molar-refractivity contribution in [3.05, 3.63) is 29.8 Å². The van der Waals surface area contributed by atoms with Crippen molar-refractivity contribution in [2.75, 3.05) is 20.2 Å². The molecule has 0 amide bonds. The molecule has 3 rings (SSSR count). The van der Waals surface area contributed by atoms with E-state index in [1.54, 1.807) is 7.11 Å². The molecule has 0 radical (unpaired) electrons. The van der Waals surface area contributed by atoms with Crippen molar-refractivity contribution >= 4 is 0 Å². The predicted octanol–water partition coefficient (Wildman–Crippen LogP) is 1.84. The Morgan fingerprint density at radius 3 is 3.06 bits per heavy atom. The highest BCUT2D eigenvalue weighted by atomic mass is 16.5. The lowest BCUT2D eigenvalue weighted by atomic mass is 9.86. The molecule has 18 heavy (non-hydrogen) atoms. The van der Waals surface area contributed by atoms with Crippen molar-refractivity contribution in [1.29, 1.82) is 0 Å². The van der Waals surface area contributed by atoms with E-state index in [2.05, 4.69) is 11.0 Å². The second kappa shape index (κ2) is 4.56. The van der Waals surface area contributed by atoms with Crippen molar-refractivity contribution < 1.29 is 9.84 Å². The maximum atomic E-state index is 10.9. The highest BCUT2D eigenvalue weighted by Gasteiger charge is 2.47. The minimum atomic E-state index is -0.564. The van der Waals surface area contributed by atoms with Crippen LogP contribution in [0, 0.1) is 0 Å². The second-order valence-corrected chi connectivity index (χ2v) is 5.54. The van der Waals surface area contributed by atoms with Crippen LogP contribution in [-0.2, 0) is 6.42 Å². The van der Waals surface area contributed by atoms with Crippen LogP contribution in [0.5, 0.6) is 5.75 Å². The number of fused-ring (bicyclic) bond motifs is 1. The van der Waals surface area contributed by atoms with E-state index < -0.39 is 5.60 Å². The van der Waals surface area contributed by atoms with E-state index in [1.165, 1.54) is 6.42 Å². The van der Waals surface area contributed by atoms with Gasteiger partial charge in [0.2, 0.25) is 0 Å². The lowest BCUT2D eigenvalue weighted by Gasteiger charge is -2.30. The van der Waals surface area contributed by atoms with Crippen LogP contribution in [0.15, 0.2) is 24.3 Å². The van der Waals surface area contributed by atoms with Crippen molar-refractivity contribution in [2.45, 2.75) is 37.3 Å². The van der Waals surface area contributed by atoms with Gasteiger partial charge < -0.3 is 9.84 Å². The Balaban J connectivity index is 1.83. The van der Waals surface area contributed by atoms with Crippen molar-refractivity contribution in [2.24, 2.45) is 0 Å². The molecule has 0 aromatic heterocycles. The monoisotopic (exact) mass is 247 g/mol. The second-order valence-electron chi connectivity index (χ2n) is 5.54. The molecule has 0 aliphatic carbocycles. The molecule has 3 heteroatoms. The van der Waals surface area contributed by atoms with Crippen molar-refractivity contribution in [3.63, 3.8) is 0 Å². The Hall–Kier alpha value is -1.06. The smallest absolute Gasteiger partial charge is 0.122 e. The number of hydrogen-bond acceptors (Lipinski definition) is 3. The Kier molecular flexibility index (Phi) is 3.04. The summed E-state index contributed by atoms with van der Waals surface area (Å²) in [4.78, 5) is 2.44. The van der Waals surface area contributed by atoms with Crippen LogP contribution in [-0.4, -0.2) is 41.8 Å². The molecule has 98 valence electrons. The fourth-order valence-electron chi connectivity index (χ4n) is 3.59. The van der Waals surface area contributed by atoms with E-state index in [1.807, 2.05) is 18.2 Å². The average molecular weight is 247 g/mol. The number of rotatable bonds is 3. The molecule has 1 aromatic carbocycles. The lowest BCUT2D eigenvalue weighted by Crippen LogP contribution is -2.43. The summed E-state index contributed by atoms with van der Waals surface area (Å²) < 4.78 is 5.39. The number of ether oxygens (including phenoxy) is 1. The van der Waals surface area contributed by atoms with Gasteiger partial charge in [-0.2, -0.15) is 0 Å². The minimum absolute atomic E-state index is 0.349. The third-order valence-corrected chi connectivity index (χ3v) is 4.50. The Labute approximate surface area is 108 Å². The number of para-hydroxylation sites is 1. The van der Waals surface area contributed by atoms with Gasteiger partial charge in [0.1, 0.15) is 5.75 Å². The van der Waals surface area contributed by atoms with Gasteiger partial charge in [-0.25, -0.2) is 0 Å². The van der Waals surface area contributed by atoms with Gasteiger partial charge in [0.15, 0.2) is 0 Å². The summed E-state index contributed by atoms with van der Waals surface area (Å²) >= 11 is 0. The van der Waals surface area contributed by atoms with E-state index in [0.717, 1.165) is 37.2 Å². The van der Waals surface area contributed by atoms with Gasteiger partial charge >= 0.3 is 0 Å². The van der Waals surface area contributed by atoms with Gasteiger partial charge in [-0.3, -0.25) is 4.90 Å². The molecule has 1 aromatic rings. The first-order valence-electron chi connectivity index (χ1n) is 6.81. The number of aliphatic hydroxyl groups is 1. The SMILES string of the molecule is COc1ccccc1CC1(O)CCN2CCCC21. The molecule has 2 saturated heterocycles. The highest BCUT2D eigenvalue weighted by molar-refractivity contribution is 5.35. The average Bonchev–Trinajstić information content (AvgIpc) is 2.95. The summed E-state index contributed by atoms with van der Waals surface area (Å²) in [5.74, 6) is 0.891. The van der Waals surface area contributed by atoms with Gasteiger partial charge in [0.05, 0.1) is 12.7 Å². The summed E-state index contributed by atoms with van der Waals surface area (Å²) in [6, 6.07) is 8.38. The van der Waals surface area contributed by atoms with E-state index in [4.69, 9.17) is 4.74 Å². The minimum Gasteiger partial charge on any atom is -0.496 e. The molecule has 0 spiro atoms. The third-order valence-electron chi connectivity index (χ3n) is 4.50. The Morgan fingerprint density at radius 1 is 1.39 bits per heavy atom. The Morgan fingerprint density at radius 2 is 2.22 bits per heavy atom. The molecule has 2 atom stereocenters. The number of hydrogen-bond donors (Lipinski definition) is 1. The molecule has 2 fully saturated rings. The van der Waals surface area contributed by atoms with Crippen LogP contribution in [0.4, 0.5) is 0 Å². The summed E-state index contributed by atoms with van der Waals surface area (Å²) in [6.45, 7) is 2.19. The van der Waals surface area contributed by atoms with Gasteiger partial charge in [-0.15, -0.1) is 0 Å². The Bertz CT molecular complexity index is 434. The van der Waals surface area contributed by atoms with Crippen molar-refractivity contribution in [3.8, 4) is 5.75 Å². The van der Waals surface area contributed by atoms with Gasteiger partial charge in [0, 0.05) is 19.0 Å². The maximum Gasteiger partial charge on any atom is 0.122 e. The van der Waals surface area contributed by atoms with E-state index in [-0.39, 0.29) is 0 Å². The van der Waals surface area contributed by atoms with E-state index >= 15 is 0 Å². The molecular formula is C15H21NO2. The molecule has 3 nitrogen and oxygen atoms in total. The topological polar surface area (TPSA) is 32.7 Å². The van der Waals surface area contributed by atoms with E-state index in [9.17, 15) is 5.11 Å². The summed E-state index contributed by atoms with van der Waals surface area (Å²) in [5.41, 5.74) is 0.557. The first kappa shape index (κ1) is 12.0. The van der Waals surface area contributed by atoms with Gasteiger partial charge in [-0.05, 0) is 37.4 Å². The standard InChI is InChI=1S/C15H21NO2/c1-18-13-6-3-2-5-12(13)11-15(17)8-10-16-9-4-7-14(15)16/h2-3,5-6,14,17H,4,7-11H2,1H3. The lowest BCUT2D eigenvalue weighted by molar-refractivity contribution is 0.0136. The van der Waals surface area contributed by atoms with Crippen molar-refractivity contribution in [1.82, 2.24) is 4.90 Å². The van der Waals surface area contributed by atoms with Crippen LogP contribution >= 0.6 is 0 Å². The van der Waals surface area contributed by atoms with Gasteiger partial charge in [0.25, 0.3) is 0 Å². The number of nitrogens with zero attached hydrogens (tertiary/aromatic N) is 1. The summed E-state index contributed by atoms with van der Waals surface area (Å²) in [5, 5.41) is 10.9. The fourth-order valence-corrected chi connectivity index (χ4v) is 3.59. The first-order valence-corrected chi connectivity index (χ1v) is 6.81. The molecule has 1 N–H and O–H groups in total. The molecule has 2 unspecified atom stereocenters. The quantitative estimate of drug-likeness (QED) is 0.884. The van der Waals surface area contributed by atoms with Gasteiger partial charge in [-0.1, -0.05) is 18.2 Å². The van der Waals surface area contributed by atoms with E-state index in [0.29, 0.717) is 12.5 Å². The van der Waals surface area contributed by atoms with Crippen LogP contribution < -0.4 is 4.74 Å². The maximum absolute atomic E-state index is 10.9. The molecule has 0 saturated carbocycles. The van der Waals surface area contributed by atoms with Crippen LogP contribution in [0.1, 0.15) is 24.8 Å². The molecule has 2 heterocycles. The van der Waals surface area contributed by atoms with Crippen LogP contribution in [0.3, 0.4) is 0 Å². The number of benzene rings is 1. The summed E-state index contributed by atoms with van der Waals surface area (Å²) in [6.07, 6.45) is 3.94. The zero-order chi connectivity index (χ0) is 12.6. The first-order chi connectivity index (χ1) is 8.73. The van der Waals surface area contributed by atoms with Crippen LogP contribution in [0.25, 0.3) is 0 Å². The van der Waals surface area contributed by atoms with Crippen LogP contribution in [0.2, 0.25) is 0 Å². The summed E-state index contributed by atoms with van der Waals surface area (Å²) in [7, 11) is 1.69. The normalized spacial score (nSPS) is 31.6. The molecular weight excluding hydrogens is 226 g/mol. The third kappa shape index (κ3) is 1.91. The number of methoxy groups -OCH3 is 1. The zero-order valence-corrected chi connectivity index (χ0v) is 10.9. The zero-order valence-electron chi connectivity index (χ0n) is 10.9. The molecule has 0 bridgehead atoms. The highest BCUT2D eigenvalue weighted by Crippen LogP contribution is 2.39. The largest absolute Gasteiger partial charge is 0.496 e.